The number of para-hydroxylation sites is 1. The summed E-state index contributed by atoms with van der Waals surface area (Å²) in [7, 11) is 0. The van der Waals surface area contributed by atoms with Crippen LogP contribution < -0.4 is 11.1 Å². The minimum atomic E-state index is -0.202. The molecule has 84 valence electrons. The van der Waals surface area contributed by atoms with Crippen LogP contribution in [0.3, 0.4) is 0 Å². The van der Waals surface area contributed by atoms with Crippen molar-refractivity contribution in [2.24, 2.45) is 11.7 Å². The summed E-state index contributed by atoms with van der Waals surface area (Å²) >= 11 is 0. The van der Waals surface area contributed by atoms with Gasteiger partial charge in [0.25, 0.3) is 0 Å². The molecule has 1 unspecified atom stereocenters. The van der Waals surface area contributed by atoms with Gasteiger partial charge >= 0.3 is 0 Å². The number of anilines is 1. The van der Waals surface area contributed by atoms with Gasteiger partial charge in [-0.1, -0.05) is 19.1 Å². The van der Waals surface area contributed by atoms with Gasteiger partial charge in [-0.05, 0) is 18.6 Å². The molecule has 0 saturated carbocycles. The molecular weight excluding hydrogens is 202 g/mol. The lowest BCUT2D eigenvalue weighted by Gasteiger charge is -2.13. The fourth-order valence-electron chi connectivity index (χ4n) is 1.38. The Kier molecular flexibility index (Phi) is 4.49. The summed E-state index contributed by atoms with van der Waals surface area (Å²) in [5.74, 6) is -0.334. The van der Waals surface area contributed by atoms with E-state index in [9.17, 15) is 4.79 Å². The lowest BCUT2D eigenvalue weighted by Crippen LogP contribution is -2.28. The van der Waals surface area contributed by atoms with Gasteiger partial charge in [0.2, 0.25) is 5.91 Å². The standard InChI is InChI=1S/C12H15N3O/c1-2-9(7-13)12(16)15-11-6-4-3-5-10(11)8-14/h3-6,9H,2,7,13H2,1H3,(H,15,16). The number of nitrogens with one attached hydrogen (secondary N) is 1. The minimum Gasteiger partial charge on any atom is -0.330 e. The minimum absolute atomic E-state index is 0.132. The third kappa shape index (κ3) is 2.81. The predicted molar refractivity (Wildman–Crippen MR) is 62.6 cm³/mol. The molecule has 16 heavy (non-hydrogen) atoms. The van der Waals surface area contributed by atoms with Gasteiger partial charge in [-0.25, -0.2) is 0 Å². The van der Waals surface area contributed by atoms with E-state index >= 15 is 0 Å². The summed E-state index contributed by atoms with van der Waals surface area (Å²) in [6.45, 7) is 2.23. The second-order valence-corrected chi connectivity index (χ2v) is 3.49. The van der Waals surface area contributed by atoms with E-state index in [0.717, 1.165) is 0 Å². The largest absolute Gasteiger partial charge is 0.330 e. The summed E-state index contributed by atoms with van der Waals surface area (Å²) in [5.41, 5.74) is 6.49. The molecule has 3 N–H and O–H groups in total. The Morgan fingerprint density at radius 2 is 2.25 bits per heavy atom. The number of carbonyl (C=O) groups excluding carboxylic acids is 1. The number of rotatable bonds is 4. The molecule has 0 fully saturated rings. The molecule has 0 spiro atoms. The summed E-state index contributed by atoms with van der Waals surface area (Å²) in [6, 6.07) is 8.94. The second kappa shape index (κ2) is 5.89. The maximum Gasteiger partial charge on any atom is 0.228 e. The first-order valence-corrected chi connectivity index (χ1v) is 5.23. The Balaban J connectivity index is 2.81. The molecule has 1 aromatic rings. The average Bonchev–Trinajstić information content (AvgIpc) is 2.31. The van der Waals surface area contributed by atoms with Crippen LogP contribution in [0.25, 0.3) is 0 Å². The van der Waals surface area contributed by atoms with Gasteiger partial charge in [0, 0.05) is 6.54 Å². The van der Waals surface area contributed by atoms with Crippen molar-refractivity contribution in [1.29, 1.82) is 5.26 Å². The molecule has 0 aliphatic rings. The van der Waals surface area contributed by atoms with Crippen LogP contribution in [0.5, 0.6) is 0 Å². The Morgan fingerprint density at radius 3 is 2.81 bits per heavy atom. The van der Waals surface area contributed by atoms with Gasteiger partial charge in [0.15, 0.2) is 0 Å². The van der Waals surface area contributed by atoms with Crippen LogP contribution in [0, 0.1) is 17.2 Å². The molecule has 4 nitrogen and oxygen atoms in total. The van der Waals surface area contributed by atoms with Gasteiger partial charge in [-0.2, -0.15) is 5.26 Å². The molecule has 1 amide bonds. The van der Waals surface area contributed by atoms with E-state index in [1.165, 1.54) is 0 Å². The summed E-state index contributed by atoms with van der Waals surface area (Å²) in [4.78, 5) is 11.7. The summed E-state index contributed by atoms with van der Waals surface area (Å²) < 4.78 is 0. The Hall–Kier alpha value is -1.86. The molecule has 0 heterocycles. The quantitative estimate of drug-likeness (QED) is 0.801. The summed E-state index contributed by atoms with van der Waals surface area (Å²) in [5, 5.41) is 11.6. The maximum absolute atomic E-state index is 11.7. The van der Waals surface area contributed by atoms with E-state index < -0.39 is 0 Å². The van der Waals surface area contributed by atoms with Crippen LogP contribution in [0.4, 0.5) is 5.69 Å². The Bertz CT molecular complexity index is 405. The topological polar surface area (TPSA) is 78.9 Å². The number of nitrogens with two attached hydrogens (primary N) is 1. The number of nitriles is 1. The smallest absolute Gasteiger partial charge is 0.228 e. The molecule has 0 aliphatic heterocycles. The van der Waals surface area contributed by atoms with Crippen molar-refractivity contribution in [2.75, 3.05) is 11.9 Å². The van der Waals surface area contributed by atoms with E-state index in [4.69, 9.17) is 11.0 Å². The van der Waals surface area contributed by atoms with Gasteiger partial charge < -0.3 is 11.1 Å². The van der Waals surface area contributed by atoms with Crippen molar-refractivity contribution in [3.63, 3.8) is 0 Å². The molecule has 0 radical (unpaired) electrons. The van der Waals surface area contributed by atoms with Gasteiger partial charge in [-0.15, -0.1) is 0 Å². The van der Waals surface area contributed by atoms with Crippen LogP contribution in [-0.4, -0.2) is 12.5 Å². The highest BCUT2D eigenvalue weighted by molar-refractivity contribution is 5.93. The zero-order valence-corrected chi connectivity index (χ0v) is 9.23. The highest BCUT2D eigenvalue weighted by Gasteiger charge is 2.15. The van der Waals surface area contributed by atoms with Crippen molar-refractivity contribution < 1.29 is 4.79 Å². The number of amides is 1. The van der Waals surface area contributed by atoms with Crippen LogP contribution in [-0.2, 0) is 4.79 Å². The first-order valence-electron chi connectivity index (χ1n) is 5.23. The van der Waals surface area contributed by atoms with Crippen molar-refractivity contribution in [3.8, 4) is 6.07 Å². The Morgan fingerprint density at radius 1 is 1.56 bits per heavy atom. The number of carbonyl (C=O) groups is 1. The highest BCUT2D eigenvalue weighted by atomic mass is 16.1. The molecule has 0 bridgehead atoms. The normalized spacial score (nSPS) is 11.6. The van der Waals surface area contributed by atoms with Crippen molar-refractivity contribution in [1.82, 2.24) is 0 Å². The van der Waals surface area contributed by atoms with Crippen LogP contribution in [0.15, 0.2) is 24.3 Å². The van der Waals surface area contributed by atoms with Gasteiger partial charge in [0.05, 0.1) is 17.2 Å². The van der Waals surface area contributed by atoms with Crippen molar-refractivity contribution in [3.05, 3.63) is 29.8 Å². The fraction of sp³-hybridized carbons (Fsp3) is 0.333. The van der Waals surface area contributed by atoms with E-state index in [1.54, 1.807) is 24.3 Å². The van der Waals surface area contributed by atoms with Crippen molar-refractivity contribution >= 4 is 11.6 Å². The third-order valence-corrected chi connectivity index (χ3v) is 2.45. The van der Waals surface area contributed by atoms with Gasteiger partial charge in [0.1, 0.15) is 6.07 Å². The molecule has 1 rings (SSSR count). The third-order valence-electron chi connectivity index (χ3n) is 2.45. The second-order valence-electron chi connectivity index (χ2n) is 3.49. The zero-order valence-electron chi connectivity index (χ0n) is 9.23. The van der Waals surface area contributed by atoms with E-state index in [1.807, 2.05) is 13.0 Å². The number of hydrogen-bond donors (Lipinski definition) is 2. The van der Waals surface area contributed by atoms with Gasteiger partial charge in [-0.3, -0.25) is 4.79 Å². The van der Waals surface area contributed by atoms with E-state index in [0.29, 0.717) is 24.2 Å². The molecule has 0 aliphatic carbocycles. The number of nitrogens with zero attached hydrogens (tertiary/aromatic N) is 1. The molecule has 0 aromatic heterocycles. The SMILES string of the molecule is CCC(CN)C(=O)Nc1ccccc1C#N. The molecule has 1 aromatic carbocycles. The highest BCUT2D eigenvalue weighted by Crippen LogP contribution is 2.15. The first kappa shape index (κ1) is 12.2. The monoisotopic (exact) mass is 217 g/mol. The average molecular weight is 217 g/mol. The summed E-state index contributed by atoms with van der Waals surface area (Å²) in [6.07, 6.45) is 0.692. The molecular formula is C12H15N3O. The van der Waals surface area contributed by atoms with Crippen LogP contribution in [0.1, 0.15) is 18.9 Å². The van der Waals surface area contributed by atoms with Crippen LogP contribution >= 0.6 is 0 Å². The fourth-order valence-corrected chi connectivity index (χ4v) is 1.38. The van der Waals surface area contributed by atoms with Crippen molar-refractivity contribution in [2.45, 2.75) is 13.3 Å². The first-order chi connectivity index (χ1) is 7.72. The zero-order chi connectivity index (χ0) is 12.0. The molecule has 4 heteroatoms. The Labute approximate surface area is 95.1 Å². The lowest BCUT2D eigenvalue weighted by molar-refractivity contribution is -0.119. The van der Waals surface area contributed by atoms with E-state index in [2.05, 4.69) is 5.32 Å². The molecule has 1 atom stereocenters. The van der Waals surface area contributed by atoms with E-state index in [-0.39, 0.29) is 11.8 Å². The molecule has 0 saturated heterocycles. The number of hydrogen-bond acceptors (Lipinski definition) is 3. The predicted octanol–water partition coefficient (Wildman–Crippen LogP) is 1.48. The van der Waals surface area contributed by atoms with Crippen LogP contribution in [0.2, 0.25) is 0 Å². The number of benzene rings is 1. The lowest BCUT2D eigenvalue weighted by atomic mass is 10.1. The maximum atomic E-state index is 11.7.